The van der Waals surface area contributed by atoms with Gasteiger partial charge in [0.05, 0.1) is 26.2 Å². The van der Waals surface area contributed by atoms with Crippen LogP contribution in [0.5, 0.6) is 0 Å². The zero-order chi connectivity index (χ0) is 36.9. The Bertz CT molecular complexity index is 1640. The van der Waals surface area contributed by atoms with Gasteiger partial charge in [-0.3, -0.25) is 0 Å². The summed E-state index contributed by atoms with van der Waals surface area (Å²) in [5.41, 5.74) is 5.41. The first-order valence-electron chi connectivity index (χ1n) is 15.4. The highest BCUT2D eigenvalue weighted by molar-refractivity contribution is 5.49. The molecular weight excluding hydrogens is 642 g/mol. The van der Waals surface area contributed by atoms with Gasteiger partial charge >= 0.3 is 17.5 Å². The largest absolute Gasteiger partial charge is 0.358 e. The Morgan fingerprint density at radius 2 is 1.12 bits per heavy atom. The smallest absolute Gasteiger partial charge is 0.342 e. The predicted octanol–water partition coefficient (Wildman–Crippen LogP) is 3.32. The number of nitrogens with one attached hydrogen (secondary N) is 1. The van der Waals surface area contributed by atoms with E-state index in [1.54, 1.807) is 27.0 Å². The second-order valence-electron chi connectivity index (χ2n) is 11.5. The van der Waals surface area contributed by atoms with Crippen LogP contribution < -0.4 is 11.1 Å². The van der Waals surface area contributed by atoms with Crippen molar-refractivity contribution < 1.29 is 19.6 Å². The van der Waals surface area contributed by atoms with E-state index in [1.807, 2.05) is 32.3 Å². The maximum absolute atomic E-state index is 11.5. The molecule has 4 aromatic rings. The summed E-state index contributed by atoms with van der Waals surface area (Å²) in [4.78, 5) is 59.0. The number of hydrogen-bond acceptors (Lipinski definition) is 13. The lowest BCUT2D eigenvalue weighted by Gasteiger charge is -2.27. The topological polar surface area (TPSA) is 256 Å². The SMILES string of the molecule is CCNCN.Cc1cnc(C)n1CC=O.Cc1ncc([N+](=O)[O-])n1CCC(C)(CCn1c([N+](=O)[O-])cnc1C)Cn1c([N+](=O)[O-])cnc1C. The molecule has 0 spiro atoms. The van der Waals surface area contributed by atoms with Crippen LogP contribution in [-0.4, -0.2) is 72.5 Å². The van der Waals surface area contributed by atoms with Gasteiger partial charge in [-0.15, -0.1) is 0 Å². The second kappa shape index (κ2) is 18.2. The number of carbonyl (C=O) groups is 1. The summed E-state index contributed by atoms with van der Waals surface area (Å²) < 4.78 is 6.33. The lowest BCUT2D eigenvalue weighted by atomic mass is 9.82. The average molecular weight is 688 g/mol. The van der Waals surface area contributed by atoms with Crippen molar-refractivity contribution in [3.8, 4) is 0 Å². The van der Waals surface area contributed by atoms with Crippen molar-refractivity contribution in [3.63, 3.8) is 0 Å². The van der Waals surface area contributed by atoms with Crippen molar-refractivity contribution in [3.05, 3.63) is 84.1 Å². The number of nitrogens with two attached hydrogens (primary N) is 1. The normalized spacial score (nSPS) is 10.9. The van der Waals surface area contributed by atoms with Gasteiger partial charge in [0.15, 0.2) is 17.5 Å². The van der Waals surface area contributed by atoms with Crippen LogP contribution in [0.4, 0.5) is 17.5 Å². The van der Waals surface area contributed by atoms with Crippen molar-refractivity contribution in [2.45, 2.75) is 87.5 Å². The zero-order valence-corrected chi connectivity index (χ0v) is 28.9. The predicted molar refractivity (Wildman–Crippen MR) is 179 cm³/mol. The van der Waals surface area contributed by atoms with Crippen molar-refractivity contribution in [2.75, 3.05) is 13.2 Å². The van der Waals surface area contributed by atoms with E-state index in [2.05, 4.69) is 25.3 Å². The number of aromatic nitrogens is 8. The summed E-state index contributed by atoms with van der Waals surface area (Å²) in [5.74, 6) is 1.83. The van der Waals surface area contributed by atoms with E-state index >= 15 is 0 Å². The van der Waals surface area contributed by atoms with Gasteiger partial charge in [-0.25, -0.2) is 33.6 Å². The van der Waals surface area contributed by atoms with Crippen LogP contribution in [0, 0.1) is 70.4 Å². The van der Waals surface area contributed by atoms with Gasteiger partial charge in [0.2, 0.25) is 0 Å². The van der Waals surface area contributed by atoms with Crippen LogP contribution in [-0.2, 0) is 31.0 Å². The van der Waals surface area contributed by atoms with Crippen LogP contribution in [0.2, 0.25) is 0 Å². The maximum atomic E-state index is 11.5. The molecule has 49 heavy (non-hydrogen) atoms. The minimum absolute atomic E-state index is 0.147. The third-order valence-electron chi connectivity index (χ3n) is 7.99. The first-order chi connectivity index (χ1) is 23.1. The van der Waals surface area contributed by atoms with Gasteiger partial charge in [-0.1, -0.05) is 13.8 Å². The number of imidazole rings is 4. The van der Waals surface area contributed by atoms with Gasteiger partial charge in [0, 0.05) is 44.7 Å². The number of rotatable bonds is 15. The molecular formula is C29H45N13O7. The van der Waals surface area contributed by atoms with Gasteiger partial charge in [0.25, 0.3) is 0 Å². The molecule has 0 atom stereocenters. The molecule has 20 nitrogen and oxygen atoms in total. The Morgan fingerprint density at radius 3 is 1.45 bits per heavy atom. The minimum atomic E-state index is -0.647. The number of carbonyl (C=O) groups excluding carboxylic acids is 1. The molecule has 4 heterocycles. The molecule has 0 saturated carbocycles. The van der Waals surface area contributed by atoms with E-state index in [0.29, 0.717) is 43.5 Å². The van der Waals surface area contributed by atoms with Crippen molar-refractivity contribution >= 4 is 23.7 Å². The Hall–Kier alpha value is -5.37. The van der Waals surface area contributed by atoms with E-state index in [1.165, 1.54) is 32.3 Å². The molecule has 0 radical (unpaired) electrons. The summed E-state index contributed by atoms with van der Waals surface area (Å²) in [6, 6.07) is 0. The van der Waals surface area contributed by atoms with Crippen LogP contribution >= 0.6 is 0 Å². The molecule has 0 aliphatic carbocycles. The quantitative estimate of drug-likeness (QED) is 0.0788. The van der Waals surface area contributed by atoms with Crippen LogP contribution in [0.1, 0.15) is 55.7 Å². The van der Waals surface area contributed by atoms with Crippen molar-refractivity contribution in [1.82, 2.24) is 43.5 Å². The fourth-order valence-corrected chi connectivity index (χ4v) is 5.06. The highest BCUT2D eigenvalue weighted by atomic mass is 16.6. The summed E-state index contributed by atoms with van der Waals surface area (Å²) in [5, 5.41) is 37.2. The van der Waals surface area contributed by atoms with Crippen LogP contribution in [0.15, 0.2) is 24.8 Å². The molecule has 0 aromatic carbocycles. The molecule has 0 amide bonds. The number of nitrogens with zero attached hydrogens (tertiary/aromatic N) is 11. The van der Waals surface area contributed by atoms with Gasteiger partial charge < -0.3 is 50.8 Å². The summed E-state index contributed by atoms with van der Waals surface area (Å²) in [6.45, 7) is 15.4. The molecule has 3 N–H and O–H groups in total. The number of aryl methyl sites for hydroxylation is 5. The zero-order valence-electron chi connectivity index (χ0n) is 28.9. The average Bonchev–Trinajstić information content (AvgIpc) is 3.79. The number of aldehydes is 1. The van der Waals surface area contributed by atoms with Crippen LogP contribution in [0.3, 0.4) is 0 Å². The summed E-state index contributed by atoms with van der Waals surface area (Å²) in [6.07, 6.45) is 6.99. The number of hydrogen-bond donors (Lipinski definition) is 2. The molecule has 268 valence electrons. The molecule has 4 rings (SSSR count). The second-order valence-corrected chi connectivity index (χ2v) is 11.5. The third kappa shape index (κ3) is 10.8. The van der Waals surface area contributed by atoms with Gasteiger partial charge in [-0.2, -0.15) is 0 Å². The first kappa shape index (κ1) is 39.8. The van der Waals surface area contributed by atoms with Crippen LogP contribution in [0.25, 0.3) is 0 Å². The summed E-state index contributed by atoms with van der Waals surface area (Å²) in [7, 11) is 0. The van der Waals surface area contributed by atoms with Crippen molar-refractivity contribution in [2.24, 2.45) is 11.1 Å². The summed E-state index contributed by atoms with van der Waals surface area (Å²) >= 11 is 0. The van der Waals surface area contributed by atoms with E-state index in [0.717, 1.165) is 24.3 Å². The standard InChI is InChI=1S/C19H25N9O6.C7H10N2O.C3H10N2/c1-13-20-9-16(26(29)30)23(13)7-5-19(4,12-25-15(3)22-11-18(25)28(33)34)6-8-24-14(2)21-10-17(24)27(31)32;1-6-5-8-7(2)9(6)3-4-10;1-2-5-3-4/h9-11H,5-8,12H2,1-4H3;4-5H,3H2,1-2H3;5H,2-4H2,1H3. The van der Waals surface area contributed by atoms with Gasteiger partial charge in [0.1, 0.15) is 30.7 Å². The molecule has 0 saturated heterocycles. The van der Waals surface area contributed by atoms with Gasteiger partial charge in [-0.05, 0) is 48.0 Å². The van der Waals surface area contributed by atoms with Crippen molar-refractivity contribution in [1.29, 1.82) is 0 Å². The lowest BCUT2D eigenvalue weighted by molar-refractivity contribution is -0.393. The Labute approximate surface area is 282 Å². The van der Waals surface area contributed by atoms with E-state index in [-0.39, 0.29) is 37.1 Å². The number of nitro groups is 3. The molecule has 0 unspecified atom stereocenters. The molecule has 0 bridgehead atoms. The molecule has 0 aliphatic heterocycles. The molecule has 4 aromatic heterocycles. The maximum Gasteiger partial charge on any atom is 0.342 e. The monoisotopic (exact) mass is 687 g/mol. The highest BCUT2D eigenvalue weighted by Gasteiger charge is 2.34. The molecule has 0 fully saturated rings. The fraction of sp³-hybridized carbons (Fsp3) is 0.552. The van der Waals surface area contributed by atoms with E-state index in [9.17, 15) is 35.1 Å². The Morgan fingerprint density at radius 1 is 0.735 bits per heavy atom. The molecule has 20 heteroatoms. The minimum Gasteiger partial charge on any atom is -0.358 e. The Kier molecular flexibility index (Phi) is 14.8. The van der Waals surface area contributed by atoms with E-state index in [4.69, 9.17) is 5.73 Å². The fourth-order valence-electron chi connectivity index (χ4n) is 5.06. The third-order valence-corrected chi connectivity index (χ3v) is 7.99. The lowest BCUT2D eigenvalue weighted by Crippen LogP contribution is -2.28. The Balaban J connectivity index is 0.000000458. The first-order valence-corrected chi connectivity index (χ1v) is 15.4. The van der Waals surface area contributed by atoms with E-state index < -0.39 is 20.2 Å². The molecule has 0 aliphatic rings. The highest BCUT2D eigenvalue weighted by Crippen LogP contribution is 2.34.